The van der Waals surface area contributed by atoms with Gasteiger partial charge >= 0.3 is 0 Å². The second kappa shape index (κ2) is 12.2. The molecule has 0 radical (unpaired) electrons. The standard InChI is InChI=1S/C32H32ClFN4O4/c33-26-16-22(6-12-29(26)42-25-9-10-25)30(39)28(19-37-13-1-2-14-37)35-32(41)31(40)21-5-11-27-23(15-21)18-38(36-27)17-20-3-7-24(34)8-4-20/h3-8,11-12,15-16,18,25,28,30,39H,1-2,9-10,13-14,17,19H2,(H,35,41). The largest absolute Gasteiger partial charge is 0.489 e. The Bertz CT molecular complexity index is 1600. The van der Waals surface area contributed by atoms with Crippen LogP contribution in [0.5, 0.6) is 5.75 Å². The molecule has 2 N–H and O–H groups in total. The summed E-state index contributed by atoms with van der Waals surface area (Å²) in [5.41, 5.74) is 2.31. The van der Waals surface area contributed by atoms with Gasteiger partial charge in [-0.15, -0.1) is 0 Å². The highest BCUT2D eigenvalue weighted by Gasteiger charge is 2.30. The number of ether oxygens (including phenoxy) is 1. The Kier molecular flexibility index (Phi) is 8.24. The zero-order valence-corrected chi connectivity index (χ0v) is 23.8. The number of carbonyl (C=O) groups is 2. The summed E-state index contributed by atoms with van der Waals surface area (Å²) in [4.78, 5) is 28.7. The molecule has 0 spiro atoms. The fourth-order valence-electron chi connectivity index (χ4n) is 5.30. The first kappa shape index (κ1) is 28.3. The minimum atomic E-state index is -1.08. The number of halogens is 2. The van der Waals surface area contributed by atoms with Gasteiger partial charge < -0.3 is 20.1 Å². The van der Waals surface area contributed by atoms with Gasteiger partial charge in [-0.05, 0) is 92.4 Å². The zero-order valence-electron chi connectivity index (χ0n) is 23.0. The van der Waals surface area contributed by atoms with Crippen molar-refractivity contribution >= 4 is 34.2 Å². The molecule has 6 rings (SSSR count). The Morgan fingerprint density at radius 2 is 1.83 bits per heavy atom. The van der Waals surface area contributed by atoms with Gasteiger partial charge in [0.05, 0.1) is 29.2 Å². The van der Waals surface area contributed by atoms with E-state index in [1.165, 1.54) is 12.1 Å². The zero-order chi connectivity index (χ0) is 29.2. The van der Waals surface area contributed by atoms with Crippen molar-refractivity contribution in [2.24, 2.45) is 0 Å². The number of nitrogens with zero attached hydrogens (tertiary/aromatic N) is 3. The van der Waals surface area contributed by atoms with Gasteiger partial charge in [0.15, 0.2) is 0 Å². The molecule has 3 aromatic carbocycles. The van der Waals surface area contributed by atoms with E-state index in [9.17, 15) is 19.1 Å². The third-order valence-corrected chi connectivity index (χ3v) is 8.04. The fraction of sp³-hybridized carbons (Fsp3) is 0.344. The third kappa shape index (κ3) is 6.64. The van der Waals surface area contributed by atoms with Crippen molar-refractivity contribution in [3.63, 3.8) is 0 Å². The number of rotatable bonds is 11. The lowest BCUT2D eigenvalue weighted by Crippen LogP contribution is -2.48. The third-order valence-electron chi connectivity index (χ3n) is 7.74. The Morgan fingerprint density at radius 1 is 1.07 bits per heavy atom. The molecule has 1 amide bonds. The summed E-state index contributed by atoms with van der Waals surface area (Å²) < 4.78 is 20.8. The summed E-state index contributed by atoms with van der Waals surface area (Å²) in [5, 5.41) is 19.8. The van der Waals surface area contributed by atoms with Gasteiger partial charge in [-0.25, -0.2) is 4.39 Å². The van der Waals surface area contributed by atoms with Crippen LogP contribution in [-0.4, -0.2) is 63.3 Å². The van der Waals surface area contributed by atoms with Crippen LogP contribution < -0.4 is 10.1 Å². The van der Waals surface area contributed by atoms with Crippen molar-refractivity contribution in [2.45, 2.75) is 50.5 Å². The molecule has 2 unspecified atom stereocenters. The summed E-state index contributed by atoms with van der Waals surface area (Å²) in [6.45, 7) is 2.56. The average Bonchev–Trinajstić information content (AvgIpc) is 3.48. The number of Topliss-reactive ketones (excluding diaryl/α,β-unsaturated/α-hetero) is 1. The Labute approximate surface area is 248 Å². The number of hydrogen-bond acceptors (Lipinski definition) is 6. The quantitative estimate of drug-likeness (QED) is 0.190. The summed E-state index contributed by atoms with van der Waals surface area (Å²) >= 11 is 6.45. The smallest absolute Gasteiger partial charge is 0.292 e. The molecule has 2 aliphatic rings. The summed E-state index contributed by atoms with van der Waals surface area (Å²) in [7, 11) is 0. The second-order valence-corrected chi connectivity index (χ2v) is 11.5. The Balaban J connectivity index is 1.17. The number of fused-ring (bicyclic) bond motifs is 1. The van der Waals surface area contributed by atoms with Crippen molar-refractivity contribution in [1.82, 2.24) is 20.0 Å². The lowest BCUT2D eigenvalue weighted by atomic mass is 10.0. The normalized spacial score (nSPS) is 16.8. The molecule has 0 bridgehead atoms. The molecule has 218 valence electrons. The van der Waals surface area contributed by atoms with Crippen molar-refractivity contribution in [3.05, 3.63) is 94.4 Å². The Hall–Kier alpha value is -3.79. The van der Waals surface area contributed by atoms with Gasteiger partial charge in [0.1, 0.15) is 17.7 Å². The van der Waals surface area contributed by atoms with Gasteiger partial charge in [-0.2, -0.15) is 5.10 Å². The van der Waals surface area contributed by atoms with Crippen LogP contribution in [0.25, 0.3) is 10.9 Å². The highest BCUT2D eigenvalue weighted by molar-refractivity contribution is 6.43. The molecule has 1 aliphatic heterocycles. The molecule has 4 aromatic rings. The van der Waals surface area contributed by atoms with Crippen LogP contribution in [0.3, 0.4) is 0 Å². The molecule has 2 atom stereocenters. The highest BCUT2D eigenvalue weighted by Crippen LogP contribution is 2.34. The first-order valence-corrected chi connectivity index (χ1v) is 14.6. The van der Waals surface area contributed by atoms with Crippen LogP contribution in [0.15, 0.2) is 66.9 Å². The maximum absolute atomic E-state index is 13.2. The van der Waals surface area contributed by atoms with Crippen LogP contribution in [-0.2, 0) is 11.3 Å². The van der Waals surface area contributed by atoms with E-state index in [-0.39, 0.29) is 17.5 Å². The monoisotopic (exact) mass is 590 g/mol. The van der Waals surface area contributed by atoms with E-state index in [2.05, 4.69) is 15.3 Å². The van der Waals surface area contributed by atoms with E-state index >= 15 is 0 Å². The molecule has 1 aromatic heterocycles. The molecule has 10 heteroatoms. The molecule has 1 aliphatic carbocycles. The van der Waals surface area contributed by atoms with Crippen LogP contribution in [0.4, 0.5) is 4.39 Å². The number of ketones is 1. The molecular weight excluding hydrogens is 559 g/mol. The van der Waals surface area contributed by atoms with E-state index in [1.807, 2.05) is 0 Å². The number of hydrogen-bond donors (Lipinski definition) is 2. The molecular formula is C32H32ClFN4O4. The fourth-order valence-corrected chi connectivity index (χ4v) is 5.54. The molecule has 42 heavy (non-hydrogen) atoms. The molecule has 8 nitrogen and oxygen atoms in total. The van der Waals surface area contributed by atoms with E-state index < -0.39 is 23.8 Å². The molecule has 2 fully saturated rings. The summed E-state index contributed by atoms with van der Waals surface area (Å²) in [6.07, 6.45) is 4.99. The van der Waals surface area contributed by atoms with Crippen molar-refractivity contribution in [2.75, 3.05) is 19.6 Å². The number of aromatic nitrogens is 2. The topological polar surface area (TPSA) is 96.7 Å². The number of aliphatic hydroxyl groups excluding tert-OH is 1. The number of carbonyl (C=O) groups excluding carboxylic acids is 2. The van der Waals surface area contributed by atoms with Crippen molar-refractivity contribution in [3.8, 4) is 5.75 Å². The number of likely N-dealkylation sites (tertiary alicyclic amines) is 1. The van der Waals surface area contributed by atoms with E-state index in [4.69, 9.17) is 16.3 Å². The number of nitrogens with one attached hydrogen (secondary N) is 1. The first-order valence-electron chi connectivity index (χ1n) is 14.3. The van der Waals surface area contributed by atoms with Crippen molar-refractivity contribution in [1.29, 1.82) is 0 Å². The maximum Gasteiger partial charge on any atom is 0.292 e. The van der Waals surface area contributed by atoms with Gasteiger partial charge in [0.2, 0.25) is 5.78 Å². The van der Waals surface area contributed by atoms with E-state index in [0.717, 1.165) is 44.3 Å². The predicted octanol–water partition coefficient (Wildman–Crippen LogP) is 4.92. The van der Waals surface area contributed by atoms with Gasteiger partial charge in [0, 0.05) is 23.7 Å². The number of amides is 1. The van der Waals surface area contributed by atoms with Gasteiger partial charge in [-0.3, -0.25) is 14.3 Å². The molecule has 2 heterocycles. The predicted molar refractivity (Wildman–Crippen MR) is 157 cm³/mol. The number of benzene rings is 3. The molecule has 1 saturated heterocycles. The van der Waals surface area contributed by atoms with Crippen LogP contribution >= 0.6 is 11.6 Å². The molecule has 1 saturated carbocycles. The lowest BCUT2D eigenvalue weighted by molar-refractivity contribution is -0.118. The second-order valence-electron chi connectivity index (χ2n) is 11.1. The van der Waals surface area contributed by atoms with Gasteiger partial charge in [-0.1, -0.05) is 29.8 Å². The average molecular weight is 591 g/mol. The Morgan fingerprint density at radius 3 is 2.55 bits per heavy atom. The van der Waals surface area contributed by atoms with Crippen LogP contribution in [0.1, 0.15) is 53.3 Å². The van der Waals surface area contributed by atoms with Crippen LogP contribution in [0.2, 0.25) is 5.02 Å². The van der Waals surface area contributed by atoms with Gasteiger partial charge in [0.25, 0.3) is 5.91 Å². The lowest BCUT2D eigenvalue weighted by Gasteiger charge is -2.28. The SMILES string of the molecule is O=C(NC(CN1CCCC1)C(O)c1ccc(OC2CC2)c(Cl)c1)C(=O)c1ccc2nn(Cc3ccc(F)cc3)cc2c1. The maximum atomic E-state index is 13.2. The first-order chi connectivity index (χ1) is 20.3. The van der Waals surface area contributed by atoms with E-state index in [1.54, 1.807) is 59.4 Å². The van der Waals surface area contributed by atoms with Crippen molar-refractivity contribution < 1.29 is 23.8 Å². The van der Waals surface area contributed by atoms with E-state index in [0.29, 0.717) is 40.3 Å². The van der Waals surface area contributed by atoms with Crippen LogP contribution in [0, 0.1) is 5.82 Å². The summed E-state index contributed by atoms with van der Waals surface area (Å²) in [5.74, 6) is -1.23. The minimum Gasteiger partial charge on any atom is -0.489 e. The summed E-state index contributed by atoms with van der Waals surface area (Å²) in [6, 6.07) is 15.5. The highest BCUT2D eigenvalue weighted by atomic mass is 35.5. The minimum absolute atomic E-state index is 0.190. The number of aliphatic hydroxyl groups is 1.